The van der Waals surface area contributed by atoms with Crippen LogP contribution < -0.4 is 0 Å². The summed E-state index contributed by atoms with van der Waals surface area (Å²) in [4.78, 5) is 4.87. The first-order valence-corrected chi connectivity index (χ1v) is 7.30. The van der Waals surface area contributed by atoms with Gasteiger partial charge in [0.15, 0.2) is 0 Å². The molecule has 0 aromatic heterocycles. The monoisotopic (exact) mass is 305 g/mol. The Hall–Kier alpha value is -1.72. The largest absolute Gasteiger partial charge is 0.359 e. The number of nitrogens with zero attached hydrogens (tertiary/aromatic N) is 3. The minimum atomic E-state index is -0.181. The predicted molar refractivity (Wildman–Crippen MR) is 86.0 cm³/mol. The van der Waals surface area contributed by atoms with Crippen LogP contribution >= 0.6 is 11.8 Å². The molecule has 112 valence electrons. The fourth-order valence-electron chi connectivity index (χ4n) is 1.55. The number of hydrogen-bond donors (Lipinski definition) is 0. The summed E-state index contributed by atoms with van der Waals surface area (Å²) in [5.41, 5.74) is 8.34. The Morgan fingerprint density at radius 1 is 1.48 bits per heavy atom. The van der Waals surface area contributed by atoms with Crippen molar-refractivity contribution in [3.63, 3.8) is 0 Å². The number of benzene rings is 1. The molecule has 0 bridgehead atoms. The molecule has 1 aromatic carbocycles. The van der Waals surface area contributed by atoms with Crippen LogP contribution in [0.1, 0.15) is 6.42 Å². The van der Waals surface area contributed by atoms with Crippen LogP contribution in [0, 0.1) is 0 Å². The highest BCUT2D eigenvalue weighted by atomic mass is 32.2. The Bertz CT molecular complexity index is 499. The third-order valence-corrected chi connectivity index (χ3v) is 3.55. The van der Waals surface area contributed by atoms with Crippen LogP contribution in [0.25, 0.3) is 10.4 Å². The first kappa shape index (κ1) is 17.3. The van der Waals surface area contributed by atoms with Crippen LogP contribution in [-0.4, -0.2) is 26.6 Å². The van der Waals surface area contributed by atoms with Crippen LogP contribution in [0.3, 0.4) is 0 Å². The minimum Gasteiger partial charge on any atom is -0.359 e. The Morgan fingerprint density at radius 3 is 2.86 bits per heavy atom. The maximum atomic E-state index is 8.34. The summed E-state index contributed by atoms with van der Waals surface area (Å²) in [6.45, 7) is 4.40. The van der Waals surface area contributed by atoms with Crippen molar-refractivity contribution < 1.29 is 9.47 Å². The van der Waals surface area contributed by atoms with Gasteiger partial charge in [-0.1, -0.05) is 47.7 Å². The van der Waals surface area contributed by atoms with Gasteiger partial charge in [0.1, 0.15) is 6.79 Å². The molecule has 0 aliphatic heterocycles. The highest BCUT2D eigenvalue weighted by Crippen LogP contribution is 2.27. The SMILES string of the molecule is C=C/C(=C/[C@@H](CCN=[N+]=[N-])OCOC)Sc1ccccc1. The maximum Gasteiger partial charge on any atom is 0.147 e. The Kier molecular flexibility index (Phi) is 9.08. The maximum absolute atomic E-state index is 8.34. The van der Waals surface area contributed by atoms with Crippen LogP contribution in [-0.2, 0) is 9.47 Å². The van der Waals surface area contributed by atoms with Crippen LogP contribution in [0.4, 0.5) is 0 Å². The van der Waals surface area contributed by atoms with Crippen LogP contribution in [0.5, 0.6) is 0 Å². The van der Waals surface area contributed by atoms with E-state index in [-0.39, 0.29) is 12.9 Å². The second-order valence-corrected chi connectivity index (χ2v) is 5.19. The molecule has 0 aliphatic carbocycles. The number of rotatable bonds is 10. The minimum absolute atomic E-state index is 0.181. The van der Waals surface area contributed by atoms with Gasteiger partial charge in [-0.25, -0.2) is 0 Å². The standard InChI is InChI=1S/C15H19N3O2S/c1-3-14(21-15-7-5-4-6-8-15)11-13(20-12-19-2)9-10-17-18-16/h3-8,11,13H,1,9-10,12H2,2H3/b14-11-/t13-/m1/s1. The fourth-order valence-corrected chi connectivity index (χ4v) is 2.42. The number of ether oxygens (including phenoxy) is 2. The third kappa shape index (κ3) is 7.58. The van der Waals surface area contributed by atoms with Gasteiger partial charge >= 0.3 is 0 Å². The summed E-state index contributed by atoms with van der Waals surface area (Å²) in [5, 5.41) is 3.53. The predicted octanol–water partition coefficient (Wildman–Crippen LogP) is 4.54. The van der Waals surface area contributed by atoms with Gasteiger partial charge in [-0.05, 0) is 30.2 Å². The van der Waals surface area contributed by atoms with Gasteiger partial charge in [0.2, 0.25) is 0 Å². The summed E-state index contributed by atoms with van der Waals surface area (Å²) < 4.78 is 10.5. The van der Waals surface area contributed by atoms with Crippen LogP contribution in [0.15, 0.2) is 64.0 Å². The van der Waals surface area contributed by atoms with E-state index in [1.165, 1.54) is 0 Å². The van der Waals surface area contributed by atoms with Crippen molar-refractivity contribution in [1.29, 1.82) is 0 Å². The van der Waals surface area contributed by atoms with Gasteiger partial charge in [-0.2, -0.15) is 0 Å². The van der Waals surface area contributed by atoms with Gasteiger partial charge in [-0.3, -0.25) is 0 Å². The van der Waals surface area contributed by atoms with Crippen LogP contribution in [0.2, 0.25) is 0 Å². The van der Waals surface area contributed by atoms with Crippen molar-refractivity contribution >= 4 is 11.8 Å². The zero-order chi connectivity index (χ0) is 15.3. The molecule has 0 heterocycles. The first-order valence-electron chi connectivity index (χ1n) is 6.48. The van der Waals surface area contributed by atoms with Gasteiger partial charge < -0.3 is 9.47 Å². The molecule has 0 radical (unpaired) electrons. The zero-order valence-corrected chi connectivity index (χ0v) is 12.8. The second-order valence-electron chi connectivity index (χ2n) is 4.04. The average molecular weight is 305 g/mol. The number of hydrogen-bond acceptors (Lipinski definition) is 4. The van der Waals surface area contributed by atoms with Crippen molar-refractivity contribution in [3.8, 4) is 0 Å². The molecular formula is C15H19N3O2S. The van der Waals surface area contributed by atoms with E-state index in [1.807, 2.05) is 36.4 Å². The molecule has 1 rings (SSSR count). The highest BCUT2D eigenvalue weighted by molar-refractivity contribution is 8.03. The third-order valence-electron chi connectivity index (χ3n) is 2.51. The normalized spacial score (nSPS) is 12.5. The lowest BCUT2D eigenvalue weighted by molar-refractivity contribution is -0.0567. The molecule has 6 heteroatoms. The quantitative estimate of drug-likeness (QED) is 0.159. The van der Waals surface area contributed by atoms with E-state index in [2.05, 4.69) is 16.6 Å². The average Bonchev–Trinajstić information content (AvgIpc) is 2.52. The second kappa shape index (κ2) is 11.0. The molecule has 0 amide bonds. The lowest BCUT2D eigenvalue weighted by Crippen LogP contribution is -2.13. The smallest absolute Gasteiger partial charge is 0.147 e. The Morgan fingerprint density at radius 2 is 2.24 bits per heavy atom. The molecule has 0 saturated heterocycles. The zero-order valence-electron chi connectivity index (χ0n) is 12.0. The number of methoxy groups -OCH3 is 1. The molecule has 0 saturated carbocycles. The summed E-state index contributed by atoms with van der Waals surface area (Å²) in [6.07, 6.45) is 4.17. The van der Waals surface area contributed by atoms with E-state index in [0.29, 0.717) is 13.0 Å². The number of allylic oxidation sites excluding steroid dienone is 1. The molecule has 0 spiro atoms. The van der Waals surface area contributed by atoms with E-state index in [0.717, 1.165) is 9.80 Å². The van der Waals surface area contributed by atoms with Crippen molar-refractivity contribution in [2.45, 2.75) is 17.4 Å². The fraction of sp³-hybridized carbons (Fsp3) is 0.333. The molecule has 0 fully saturated rings. The van der Waals surface area contributed by atoms with Crippen molar-refractivity contribution in [2.75, 3.05) is 20.4 Å². The lowest BCUT2D eigenvalue weighted by Gasteiger charge is -2.14. The van der Waals surface area contributed by atoms with Gasteiger partial charge in [0.25, 0.3) is 0 Å². The molecule has 5 nitrogen and oxygen atoms in total. The summed E-state index contributed by atoms with van der Waals surface area (Å²) in [7, 11) is 1.57. The van der Waals surface area contributed by atoms with Crippen molar-refractivity contribution in [1.82, 2.24) is 0 Å². The number of azide groups is 1. The highest BCUT2D eigenvalue weighted by Gasteiger charge is 2.07. The lowest BCUT2D eigenvalue weighted by atomic mass is 10.2. The molecule has 0 unspecified atom stereocenters. The Labute approximate surface area is 129 Å². The van der Waals surface area contributed by atoms with Crippen molar-refractivity contribution in [2.24, 2.45) is 5.11 Å². The molecule has 0 aliphatic rings. The topological polar surface area (TPSA) is 67.2 Å². The van der Waals surface area contributed by atoms with E-state index in [9.17, 15) is 0 Å². The van der Waals surface area contributed by atoms with Gasteiger partial charge in [0.05, 0.1) is 6.10 Å². The van der Waals surface area contributed by atoms with Gasteiger partial charge in [-0.15, -0.1) is 0 Å². The summed E-state index contributed by atoms with van der Waals surface area (Å²) in [6, 6.07) is 10.0. The molecule has 21 heavy (non-hydrogen) atoms. The number of thioether (sulfide) groups is 1. The summed E-state index contributed by atoms with van der Waals surface area (Å²) >= 11 is 1.61. The van der Waals surface area contributed by atoms with Gasteiger partial charge in [0, 0.05) is 28.4 Å². The Balaban J connectivity index is 2.72. The molecule has 1 atom stereocenters. The van der Waals surface area contributed by atoms with E-state index >= 15 is 0 Å². The van der Waals surface area contributed by atoms with E-state index in [1.54, 1.807) is 24.9 Å². The molecular weight excluding hydrogens is 286 g/mol. The van der Waals surface area contributed by atoms with E-state index < -0.39 is 0 Å². The van der Waals surface area contributed by atoms with Crippen molar-refractivity contribution in [3.05, 3.63) is 64.4 Å². The van der Waals surface area contributed by atoms with E-state index in [4.69, 9.17) is 15.0 Å². The summed E-state index contributed by atoms with van der Waals surface area (Å²) in [5.74, 6) is 0. The first-order chi connectivity index (χ1) is 10.3. The molecule has 0 N–H and O–H groups in total. The molecule has 1 aromatic rings.